The van der Waals surface area contributed by atoms with Gasteiger partial charge >= 0.3 is 0 Å². The number of rotatable bonds is 4. The first-order valence-corrected chi connectivity index (χ1v) is 10.1. The van der Waals surface area contributed by atoms with E-state index < -0.39 is 11.9 Å². The second kappa shape index (κ2) is 7.58. The van der Waals surface area contributed by atoms with Gasteiger partial charge in [-0.25, -0.2) is 4.39 Å². The number of benzene rings is 1. The summed E-state index contributed by atoms with van der Waals surface area (Å²) in [6.07, 6.45) is 3.78. The van der Waals surface area contributed by atoms with Crippen molar-refractivity contribution in [3.05, 3.63) is 35.6 Å². The van der Waals surface area contributed by atoms with Crippen molar-refractivity contribution in [2.24, 2.45) is 23.7 Å². The summed E-state index contributed by atoms with van der Waals surface area (Å²) in [6.45, 7) is 3.80. The monoisotopic (exact) mass is 374 g/mol. The summed E-state index contributed by atoms with van der Waals surface area (Å²) in [5.74, 6) is -1.92. The van der Waals surface area contributed by atoms with E-state index in [1.165, 1.54) is 17.0 Å². The van der Waals surface area contributed by atoms with Crippen molar-refractivity contribution >= 4 is 11.9 Å². The molecule has 0 spiro atoms. The number of hydrogen-bond acceptors (Lipinski definition) is 3. The van der Waals surface area contributed by atoms with Gasteiger partial charge < -0.3 is 19.7 Å². The lowest BCUT2D eigenvalue weighted by molar-refractivity contribution is -0.917. The standard InChI is InChI=1S/C21H27FN2O3/c22-17-7-1-14(2-8-17)13-23-9-11-24(12-10-23)20(25)18-15-3-5-16(6-4-15)19(18)21(26)27/h1-2,7-8,15-16,18-19H,3-6,9-13H2,(H,26,27)/t15?,16?,18-,19-/m1/s1. The number of fused-ring (bicyclic) bond motifs is 3. The average Bonchev–Trinajstić information content (AvgIpc) is 2.70. The van der Waals surface area contributed by atoms with Crippen LogP contribution < -0.4 is 10.0 Å². The van der Waals surface area contributed by atoms with Gasteiger partial charge in [-0.1, -0.05) is 12.1 Å². The van der Waals surface area contributed by atoms with Crippen LogP contribution in [0, 0.1) is 29.5 Å². The van der Waals surface area contributed by atoms with Gasteiger partial charge in [0.15, 0.2) is 0 Å². The van der Waals surface area contributed by atoms with E-state index in [9.17, 15) is 19.1 Å². The molecule has 1 aliphatic heterocycles. The number of halogens is 1. The highest BCUT2D eigenvalue weighted by Gasteiger charge is 2.49. The molecule has 2 atom stereocenters. The molecule has 27 heavy (non-hydrogen) atoms. The molecule has 0 radical (unpaired) electrons. The molecule has 3 aliphatic carbocycles. The molecule has 1 saturated heterocycles. The first-order chi connectivity index (χ1) is 13.0. The van der Waals surface area contributed by atoms with Gasteiger partial charge in [-0.05, 0) is 49.7 Å². The van der Waals surface area contributed by atoms with Crippen LogP contribution in [0.1, 0.15) is 31.2 Å². The largest absolute Gasteiger partial charge is 0.550 e. The molecule has 1 aromatic rings. The number of piperazine rings is 1. The molecule has 4 fully saturated rings. The highest BCUT2D eigenvalue weighted by molar-refractivity contribution is 5.85. The van der Waals surface area contributed by atoms with E-state index in [0.29, 0.717) is 13.1 Å². The third kappa shape index (κ3) is 3.72. The van der Waals surface area contributed by atoms with E-state index in [-0.39, 0.29) is 29.5 Å². The van der Waals surface area contributed by atoms with Gasteiger partial charge in [-0.15, -0.1) is 0 Å². The molecule has 2 bridgehead atoms. The van der Waals surface area contributed by atoms with Crippen molar-refractivity contribution in [3.8, 4) is 0 Å². The van der Waals surface area contributed by atoms with Crippen LogP contribution in [-0.4, -0.2) is 43.0 Å². The number of carboxylic acid groups (broad SMARTS) is 1. The van der Waals surface area contributed by atoms with E-state index in [1.807, 2.05) is 17.0 Å². The highest BCUT2D eigenvalue weighted by atomic mass is 19.1. The summed E-state index contributed by atoms with van der Waals surface area (Å²) >= 11 is 0. The van der Waals surface area contributed by atoms with Crippen LogP contribution in [0.2, 0.25) is 0 Å². The molecule has 1 heterocycles. The lowest BCUT2D eigenvalue weighted by Gasteiger charge is -2.49. The van der Waals surface area contributed by atoms with Crippen molar-refractivity contribution in [1.82, 2.24) is 4.90 Å². The van der Waals surface area contributed by atoms with E-state index in [1.54, 1.807) is 0 Å². The Morgan fingerprint density at radius 3 is 2.11 bits per heavy atom. The number of quaternary nitrogens is 1. The van der Waals surface area contributed by atoms with E-state index in [2.05, 4.69) is 0 Å². The molecule has 5 nitrogen and oxygen atoms in total. The Balaban J connectivity index is 1.36. The topological polar surface area (TPSA) is 64.9 Å². The maximum absolute atomic E-state index is 13.1. The van der Waals surface area contributed by atoms with Gasteiger partial charge in [0.25, 0.3) is 0 Å². The Kier molecular flexibility index (Phi) is 5.17. The van der Waals surface area contributed by atoms with Gasteiger partial charge in [0.05, 0.1) is 26.2 Å². The first kappa shape index (κ1) is 18.4. The van der Waals surface area contributed by atoms with Crippen molar-refractivity contribution in [3.63, 3.8) is 0 Å². The summed E-state index contributed by atoms with van der Waals surface area (Å²) in [5, 5.41) is 11.7. The molecule has 1 aromatic carbocycles. The molecule has 1 N–H and O–H groups in total. The predicted octanol–water partition coefficient (Wildman–Crippen LogP) is -0.145. The van der Waals surface area contributed by atoms with Crippen molar-refractivity contribution in [2.45, 2.75) is 32.2 Å². The number of amides is 1. The molecule has 5 rings (SSSR count). The van der Waals surface area contributed by atoms with Gasteiger partial charge in [-0.3, -0.25) is 4.79 Å². The lowest BCUT2D eigenvalue weighted by atomic mass is 9.58. The number of nitrogens with one attached hydrogen (secondary N) is 1. The Hall–Kier alpha value is -1.95. The van der Waals surface area contributed by atoms with Gasteiger partial charge in [0.2, 0.25) is 5.91 Å². The van der Waals surface area contributed by atoms with Crippen molar-refractivity contribution in [2.75, 3.05) is 26.2 Å². The first-order valence-electron chi connectivity index (χ1n) is 10.1. The average molecular weight is 374 g/mol. The molecule has 3 saturated carbocycles. The summed E-state index contributed by atoms with van der Waals surface area (Å²) < 4.78 is 13.0. The van der Waals surface area contributed by atoms with Crippen LogP contribution >= 0.6 is 0 Å². The highest BCUT2D eigenvalue weighted by Crippen LogP contribution is 2.49. The summed E-state index contributed by atoms with van der Waals surface area (Å²) in [6, 6.07) is 6.58. The minimum Gasteiger partial charge on any atom is -0.550 e. The Labute approximate surface area is 159 Å². The Bertz CT molecular complexity index is 692. The number of nitrogens with zero attached hydrogens (tertiary/aromatic N) is 1. The minimum absolute atomic E-state index is 0.0273. The minimum atomic E-state index is -1.04. The number of carbonyl (C=O) groups is 2. The molecular weight excluding hydrogens is 347 g/mol. The summed E-state index contributed by atoms with van der Waals surface area (Å²) in [7, 11) is 0. The molecule has 0 aromatic heterocycles. The molecular formula is C21H27FN2O3. The summed E-state index contributed by atoms with van der Waals surface area (Å²) in [5.41, 5.74) is 1.09. The predicted molar refractivity (Wildman–Crippen MR) is 94.8 cm³/mol. The fraction of sp³-hybridized carbons (Fsp3) is 0.619. The fourth-order valence-electron chi connectivity index (χ4n) is 5.47. The number of carboxylic acids is 1. The Morgan fingerprint density at radius 2 is 1.56 bits per heavy atom. The number of aliphatic carboxylic acids is 1. The van der Waals surface area contributed by atoms with Crippen LogP contribution in [0.25, 0.3) is 0 Å². The van der Waals surface area contributed by atoms with Crippen molar-refractivity contribution in [1.29, 1.82) is 0 Å². The second-order valence-corrected chi connectivity index (χ2v) is 8.42. The molecule has 146 valence electrons. The molecule has 6 heteroatoms. The van der Waals surface area contributed by atoms with E-state index >= 15 is 0 Å². The second-order valence-electron chi connectivity index (χ2n) is 8.42. The third-order valence-corrected chi connectivity index (χ3v) is 6.93. The van der Waals surface area contributed by atoms with Crippen LogP contribution in [0.15, 0.2) is 24.3 Å². The Morgan fingerprint density at radius 1 is 1.00 bits per heavy atom. The SMILES string of the molecule is O=C([O-])[C@@H]1C2CCC(CC2)[C@H]1C(=O)N1CC[NH+](Cc2ccc(F)cc2)CC1. The zero-order valence-corrected chi connectivity index (χ0v) is 15.5. The van der Waals surface area contributed by atoms with Crippen molar-refractivity contribution < 1.29 is 24.0 Å². The zero-order chi connectivity index (χ0) is 19.0. The summed E-state index contributed by atoms with van der Waals surface area (Å²) in [4.78, 5) is 28.1. The number of hydrogen-bond donors (Lipinski definition) is 1. The van der Waals surface area contributed by atoms with Gasteiger partial charge in [0.1, 0.15) is 12.4 Å². The zero-order valence-electron chi connectivity index (χ0n) is 15.5. The molecule has 4 aliphatic rings. The van der Waals surface area contributed by atoms with E-state index in [0.717, 1.165) is 50.9 Å². The fourth-order valence-corrected chi connectivity index (χ4v) is 5.47. The maximum atomic E-state index is 13.1. The van der Waals surface area contributed by atoms with E-state index in [4.69, 9.17) is 0 Å². The maximum Gasteiger partial charge on any atom is 0.227 e. The molecule has 0 unspecified atom stereocenters. The normalized spacial score (nSPS) is 31.1. The quantitative estimate of drug-likeness (QED) is 0.798. The lowest BCUT2D eigenvalue weighted by Crippen LogP contribution is -3.13. The third-order valence-electron chi connectivity index (χ3n) is 6.93. The molecule has 1 amide bonds. The number of carbonyl (C=O) groups excluding carboxylic acids is 2. The van der Waals surface area contributed by atoms with Crippen LogP contribution in [-0.2, 0) is 16.1 Å². The smallest absolute Gasteiger partial charge is 0.227 e. The van der Waals surface area contributed by atoms with Crippen LogP contribution in [0.3, 0.4) is 0 Å². The van der Waals surface area contributed by atoms with Crippen LogP contribution in [0.4, 0.5) is 4.39 Å². The van der Waals surface area contributed by atoms with Gasteiger partial charge in [0, 0.05) is 23.4 Å². The van der Waals surface area contributed by atoms with Gasteiger partial charge in [-0.2, -0.15) is 0 Å². The van der Waals surface area contributed by atoms with Crippen LogP contribution in [0.5, 0.6) is 0 Å².